The molecule has 0 aromatic carbocycles. The first-order valence-corrected chi connectivity index (χ1v) is 25.4. The van der Waals surface area contributed by atoms with Crippen molar-refractivity contribution in [3.63, 3.8) is 0 Å². The monoisotopic (exact) mass is 806 g/mol. The number of hydrogen-bond donors (Lipinski definition) is 3. The van der Waals surface area contributed by atoms with Gasteiger partial charge in [0, 0.05) is 12.8 Å². The van der Waals surface area contributed by atoms with Crippen LogP contribution in [-0.4, -0.2) is 47.4 Å². The lowest BCUT2D eigenvalue weighted by Crippen LogP contribution is -2.45. The number of hydrogen-bond acceptors (Lipinski definition) is 5. The molecule has 0 aromatic rings. The highest BCUT2D eigenvalue weighted by atomic mass is 16.5. The maximum Gasteiger partial charge on any atom is 0.305 e. The molecule has 0 spiro atoms. The van der Waals surface area contributed by atoms with Crippen molar-refractivity contribution >= 4 is 11.9 Å². The summed E-state index contributed by atoms with van der Waals surface area (Å²) in [4.78, 5) is 24.4. The van der Waals surface area contributed by atoms with Crippen molar-refractivity contribution < 1.29 is 24.5 Å². The summed E-state index contributed by atoms with van der Waals surface area (Å²) >= 11 is 0. The van der Waals surface area contributed by atoms with Crippen LogP contribution in [0.4, 0.5) is 0 Å². The normalized spacial score (nSPS) is 12.7. The summed E-state index contributed by atoms with van der Waals surface area (Å²) in [6.45, 7) is 4.91. The van der Waals surface area contributed by atoms with Gasteiger partial charge in [-0.25, -0.2) is 0 Å². The molecule has 0 aliphatic rings. The molecule has 0 saturated carbocycles. The first kappa shape index (κ1) is 55.6. The maximum atomic E-state index is 12.4. The van der Waals surface area contributed by atoms with Gasteiger partial charge in [-0.2, -0.15) is 0 Å². The minimum atomic E-state index is -0.673. The minimum absolute atomic E-state index is 0.0175. The van der Waals surface area contributed by atoms with Crippen LogP contribution in [0.5, 0.6) is 0 Å². The van der Waals surface area contributed by atoms with Crippen LogP contribution in [0.2, 0.25) is 0 Å². The van der Waals surface area contributed by atoms with E-state index >= 15 is 0 Å². The van der Waals surface area contributed by atoms with Crippen LogP contribution in [0.25, 0.3) is 0 Å². The Morgan fingerprint density at radius 3 is 1.25 bits per heavy atom. The molecule has 338 valence electrons. The largest absolute Gasteiger partial charge is 0.466 e. The van der Waals surface area contributed by atoms with E-state index in [1.807, 2.05) is 0 Å². The summed E-state index contributed by atoms with van der Waals surface area (Å²) in [7, 11) is 0. The molecule has 0 aliphatic carbocycles. The van der Waals surface area contributed by atoms with Gasteiger partial charge in [0.2, 0.25) is 5.91 Å². The summed E-state index contributed by atoms with van der Waals surface area (Å²) in [5.41, 5.74) is 0. The number of nitrogens with one attached hydrogen (secondary N) is 1. The molecule has 0 aliphatic heterocycles. The number of esters is 1. The Hall–Kier alpha value is -1.40. The van der Waals surface area contributed by atoms with Crippen LogP contribution >= 0.6 is 0 Å². The SMILES string of the molecule is CCCCCCC/C=C\CCCCCCCC(=O)OCCCCCCCCCCCCCCC(=O)NC(CO)C(O)CCCCCCCCCCCCCCCC. The van der Waals surface area contributed by atoms with E-state index in [4.69, 9.17) is 4.74 Å². The van der Waals surface area contributed by atoms with E-state index in [9.17, 15) is 19.8 Å². The Bertz CT molecular complexity index is 847. The molecule has 0 bridgehead atoms. The molecule has 0 radical (unpaired) electrons. The lowest BCUT2D eigenvalue weighted by Gasteiger charge is -2.22. The fourth-order valence-corrected chi connectivity index (χ4v) is 7.87. The first-order chi connectivity index (χ1) is 28.0. The number of carbonyl (C=O) groups excluding carboxylic acids is 2. The third-order valence-corrected chi connectivity index (χ3v) is 11.8. The van der Waals surface area contributed by atoms with Crippen molar-refractivity contribution in [2.45, 2.75) is 289 Å². The molecule has 0 saturated heterocycles. The van der Waals surface area contributed by atoms with Crippen molar-refractivity contribution in [3.8, 4) is 0 Å². The molecule has 1 amide bonds. The second kappa shape index (κ2) is 47.3. The number of allylic oxidation sites excluding steroid dienone is 2. The number of aliphatic hydroxyl groups is 2. The van der Waals surface area contributed by atoms with Gasteiger partial charge in [-0.1, -0.05) is 225 Å². The van der Waals surface area contributed by atoms with Crippen molar-refractivity contribution in [1.29, 1.82) is 0 Å². The zero-order valence-corrected chi connectivity index (χ0v) is 38.3. The number of unbranched alkanes of at least 4 members (excludes halogenated alkanes) is 34. The smallest absolute Gasteiger partial charge is 0.305 e. The molecule has 2 unspecified atom stereocenters. The Balaban J connectivity index is 3.46. The van der Waals surface area contributed by atoms with Crippen LogP contribution in [-0.2, 0) is 14.3 Å². The fraction of sp³-hybridized carbons (Fsp3) is 0.922. The zero-order valence-electron chi connectivity index (χ0n) is 38.3. The Labute approximate surface area is 355 Å². The number of rotatable bonds is 47. The number of aliphatic hydroxyl groups excluding tert-OH is 2. The van der Waals surface area contributed by atoms with E-state index in [0.717, 1.165) is 57.8 Å². The summed E-state index contributed by atoms with van der Waals surface area (Å²) in [6.07, 6.45) is 53.1. The summed E-state index contributed by atoms with van der Waals surface area (Å²) in [5, 5.41) is 23.2. The third kappa shape index (κ3) is 44.0. The molecule has 0 aromatic heterocycles. The van der Waals surface area contributed by atoms with E-state index in [1.54, 1.807) is 0 Å². The molecule has 6 nitrogen and oxygen atoms in total. The Morgan fingerprint density at radius 2 is 0.825 bits per heavy atom. The molecule has 2 atom stereocenters. The minimum Gasteiger partial charge on any atom is -0.466 e. The number of amides is 1. The average Bonchev–Trinajstić information content (AvgIpc) is 3.21. The van der Waals surface area contributed by atoms with Crippen LogP contribution in [0, 0.1) is 0 Å². The van der Waals surface area contributed by atoms with Crippen LogP contribution in [0.15, 0.2) is 12.2 Å². The van der Waals surface area contributed by atoms with Crippen LogP contribution in [0.3, 0.4) is 0 Å². The highest BCUT2D eigenvalue weighted by molar-refractivity contribution is 5.76. The summed E-state index contributed by atoms with van der Waals surface area (Å²) in [6, 6.07) is -0.552. The average molecular weight is 806 g/mol. The van der Waals surface area contributed by atoms with E-state index in [1.165, 1.54) is 186 Å². The summed E-state index contributed by atoms with van der Waals surface area (Å²) in [5.74, 6) is -0.0678. The van der Waals surface area contributed by atoms with Gasteiger partial charge < -0.3 is 20.3 Å². The molecule has 6 heteroatoms. The van der Waals surface area contributed by atoms with Crippen molar-refractivity contribution in [2.24, 2.45) is 0 Å². The first-order valence-electron chi connectivity index (χ1n) is 25.4. The summed E-state index contributed by atoms with van der Waals surface area (Å²) < 4.78 is 5.45. The Kier molecular flexibility index (Phi) is 46.1. The Morgan fingerprint density at radius 1 is 0.474 bits per heavy atom. The van der Waals surface area contributed by atoms with Gasteiger partial charge >= 0.3 is 5.97 Å². The van der Waals surface area contributed by atoms with E-state index < -0.39 is 12.1 Å². The highest BCUT2D eigenvalue weighted by Gasteiger charge is 2.20. The second-order valence-corrected chi connectivity index (χ2v) is 17.5. The van der Waals surface area contributed by atoms with E-state index in [2.05, 4.69) is 31.3 Å². The van der Waals surface area contributed by atoms with Gasteiger partial charge in [-0.15, -0.1) is 0 Å². The predicted molar refractivity (Wildman–Crippen MR) is 246 cm³/mol. The number of carbonyl (C=O) groups is 2. The molecule has 0 heterocycles. The lowest BCUT2D eigenvalue weighted by molar-refractivity contribution is -0.143. The van der Waals surface area contributed by atoms with Crippen molar-refractivity contribution in [2.75, 3.05) is 13.2 Å². The maximum absolute atomic E-state index is 12.4. The molecule has 0 fully saturated rings. The van der Waals surface area contributed by atoms with Gasteiger partial charge in [0.1, 0.15) is 0 Å². The third-order valence-electron chi connectivity index (χ3n) is 11.8. The molecule has 3 N–H and O–H groups in total. The number of ether oxygens (including phenoxy) is 1. The standard InChI is InChI=1S/C51H99NO5/c1-3-5-7-9-11-13-15-17-19-23-27-31-35-39-43-49(54)48(47-53)52-50(55)44-40-36-32-28-24-21-22-26-30-34-38-42-46-57-51(56)45-41-37-33-29-25-20-18-16-14-12-10-8-6-4-2/h16,18,48-49,53-54H,3-15,17,19-47H2,1-2H3,(H,52,55)/b18-16-. The van der Waals surface area contributed by atoms with Crippen LogP contribution in [0.1, 0.15) is 277 Å². The topological polar surface area (TPSA) is 95.9 Å². The fourth-order valence-electron chi connectivity index (χ4n) is 7.87. The molecular formula is C51H99NO5. The predicted octanol–water partition coefficient (Wildman–Crippen LogP) is 15.0. The van der Waals surface area contributed by atoms with Gasteiger partial charge in [0.15, 0.2) is 0 Å². The van der Waals surface area contributed by atoms with Gasteiger partial charge in [-0.05, 0) is 51.4 Å². The highest BCUT2D eigenvalue weighted by Crippen LogP contribution is 2.16. The van der Waals surface area contributed by atoms with Crippen molar-refractivity contribution in [1.82, 2.24) is 5.32 Å². The zero-order chi connectivity index (χ0) is 41.5. The van der Waals surface area contributed by atoms with Gasteiger partial charge in [0.25, 0.3) is 0 Å². The van der Waals surface area contributed by atoms with Gasteiger partial charge in [0.05, 0.1) is 25.4 Å². The van der Waals surface area contributed by atoms with Gasteiger partial charge in [-0.3, -0.25) is 9.59 Å². The quantitative estimate of drug-likeness (QED) is 0.0323. The van der Waals surface area contributed by atoms with E-state index in [0.29, 0.717) is 25.9 Å². The molecule has 57 heavy (non-hydrogen) atoms. The lowest BCUT2D eigenvalue weighted by atomic mass is 10.0. The molecular weight excluding hydrogens is 707 g/mol. The molecule has 0 rings (SSSR count). The van der Waals surface area contributed by atoms with Crippen LogP contribution < -0.4 is 5.32 Å². The van der Waals surface area contributed by atoms with E-state index in [-0.39, 0.29) is 18.5 Å². The second-order valence-electron chi connectivity index (χ2n) is 17.5. The van der Waals surface area contributed by atoms with Crippen molar-refractivity contribution in [3.05, 3.63) is 12.2 Å².